The molecule has 0 aliphatic carbocycles. The van der Waals surface area contributed by atoms with Gasteiger partial charge in [-0.05, 0) is 19.8 Å². The molecule has 0 atom stereocenters. The normalized spacial score (nSPS) is 16.8. The molecule has 1 aliphatic heterocycles. The third kappa shape index (κ3) is 3.99. The van der Waals surface area contributed by atoms with Crippen molar-refractivity contribution < 1.29 is 9.53 Å². The number of carbonyl (C=O) groups is 1. The monoisotopic (exact) mass is 283 g/mol. The molecule has 106 valence electrons. The highest BCUT2D eigenvalue weighted by atomic mass is 32.1. The molecule has 5 nitrogen and oxygen atoms in total. The first-order valence-electron chi connectivity index (χ1n) is 6.59. The Hall–Kier alpha value is -0.980. The number of ether oxygens (including phenoxy) is 1. The van der Waals surface area contributed by atoms with Crippen LogP contribution in [-0.2, 0) is 16.1 Å². The first-order chi connectivity index (χ1) is 9.20. The summed E-state index contributed by atoms with van der Waals surface area (Å²) < 4.78 is 4.88. The number of nitrogens with zero attached hydrogens (tertiary/aromatic N) is 2. The Bertz CT molecular complexity index is 414. The van der Waals surface area contributed by atoms with Crippen LogP contribution in [0, 0.1) is 6.92 Å². The molecule has 2 heterocycles. The Morgan fingerprint density at radius 1 is 1.58 bits per heavy atom. The molecule has 1 saturated heterocycles. The van der Waals surface area contributed by atoms with E-state index >= 15 is 0 Å². The molecule has 1 N–H and O–H groups in total. The first-order valence-corrected chi connectivity index (χ1v) is 7.47. The van der Waals surface area contributed by atoms with Gasteiger partial charge in [0.25, 0.3) is 0 Å². The Balaban J connectivity index is 1.72. The van der Waals surface area contributed by atoms with Crippen molar-refractivity contribution in [2.75, 3.05) is 26.8 Å². The van der Waals surface area contributed by atoms with E-state index in [9.17, 15) is 4.79 Å². The lowest BCUT2D eigenvalue weighted by atomic mass is 10.0. The Morgan fingerprint density at radius 2 is 2.32 bits per heavy atom. The second-order valence-corrected chi connectivity index (χ2v) is 5.77. The maximum absolute atomic E-state index is 11.7. The third-order valence-electron chi connectivity index (χ3n) is 3.51. The zero-order valence-electron chi connectivity index (χ0n) is 11.5. The van der Waals surface area contributed by atoms with E-state index in [1.165, 1.54) is 4.88 Å². The van der Waals surface area contributed by atoms with Crippen molar-refractivity contribution in [2.45, 2.75) is 32.4 Å². The molecule has 0 unspecified atom stereocenters. The van der Waals surface area contributed by atoms with Crippen LogP contribution in [0.25, 0.3) is 0 Å². The zero-order chi connectivity index (χ0) is 13.7. The molecule has 1 fully saturated rings. The van der Waals surface area contributed by atoms with Gasteiger partial charge in [-0.2, -0.15) is 0 Å². The van der Waals surface area contributed by atoms with Gasteiger partial charge in [-0.3, -0.25) is 4.79 Å². The maximum atomic E-state index is 11.7. The van der Waals surface area contributed by atoms with Gasteiger partial charge in [0.15, 0.2) is 0 Å². The number of likely N-dealkylation sites (tertiary alicyclic amines) is 1. The predicted octanol–water partition coefficient (Wildman–Crippen LogP) is 1.18. The SMILES string of the molecule is COCC(=O)N1CCC(NCc2scnc2C)CC1. The fourth-order valence-corrected chi connectivity index (χ4v) is 3.01. The average Bonchev–Trinajstić information content (AvgIpc) is 2.83. The Kier molecular flexibility index (Phi) is 5.30. The lowest BCUT2D eigenvalue weighted by Crippen LogP contribution is -2.45. The molecule has 0 radical (unpaired) electrons. The van der Waals surface area contributed by atoms with Crippen LogP contribution in [0.5, 0.6) is 0 Å². The van der Waals surface area contributed by atoms with Gasteiger partial charge in [0, 0.05) is 37.7 Å². The molecule has 0 saturated carbocycles. The summed E-state index contributed by atoms with van der Waals surface area (Å²) in [5.41, 5.74) is 3.00. The molecule has 0 aromatic carbocycles. The molecule has 19 heavy (non-hydrogen) atoms. The number of amides is 1. The van der Waals surface area contributed by atoms with Crippen LogP contribution >= 0.6 is 11.3 Å². The van der Waals surface area contributed by atoms with Crippen molar-refractivity contribution in [1.29, 1.82) is 0 Å². The summed E-state index contributed by atoms with van der Waals surface area (Å²) in [6.07, 6.45) is 2.01. The summed E-state index contributed by atoms with van der Waals surface area (Å²) >= 11 is 1.70. The molecular formula is C13H21N3O2S. The summed E-state index contributed by atoms with van der Waals surface area (Å²) in [4.78, 5) is 19.1. The number of carbonyl (C=O) groups excluding carboxylic acids is 1. The summed E-state index contributed by atoms with van der Waals surface area (Å²) in [6, 6.07) is 0.494. The Morgan fingerprint density at radius 3 is 2.89 bits per heavy atom. The molecule has 2 rings (SSSR count). The molecule has 6 heteroatoms. The lowest BCUT2D eigenvalue weighted by molar-refractivity contribution is -0.136. The van der Waals surface area contributed by atoms with Crippen LogP contribution in [0.15, 0.2) is 5.51 Å². The van der Waals surface area contributed by atoms with E-state index in [2.05, 4.69) is 10.3 Å². The minimum absolute atomic E-state index is 0.0965. The molecule has 1 aliphatic rings. The Labute approximate surface area is 118 Å². The number of aryl methyl sites for hydroxylation is 1. The van der Waals surface area contributed by atoms with Crippen molar-refractivity contribution in [3.05, 3.63) is 16.1 Å². The maximum Gasteiger partial charge on any atom is 0.248 e. The van der Waals surface area contributed by atoms with Crippen LogP contribution < -0.4 is 5.32 Å². The van der Waals surface area contributed by atoms with E-state index in [0.29, 0.717) is 6.04 Å². The van der Waals surface area contributed by atoms with Gasteiger partial charge in [-0.1, -0.05) is 0 Å². The summed E-state index contributed by atoms with van der Waals surface area (Å²) in [5.74, 6) is 0.0965. The predicted molar refractivity (Wildman–Crippen MR) is 75.2 cm³/mol. The van der Waals surface area contributed by atoms with Crippen LogP contribution in [0.1, 0.15) is 23.4 Å². The molecule has 0 spiro atoms. The van der Waals surface area contributed by atoms with Gasteiger partial charge in [-0.15, -0.1) is 11.3 Å². The molecule has 0 bridgehead atoms. The molecule has 1 aromatic rings. The number of nitrogens with one attached hydrogen (secondary N) is 1. The fourth-order valence-electron chi connectivity index (χ4n) is 2.28. The topological polar surface area (TPSA) is 54.5 Å². The highest BCUT2D eigenvalue weighted by Gasteiger charge is 2.22. The number of rotatable bonds is 5. The van der Waals surface area contributed by atoms with Gasteiger partial charge in [-0.25, -0.2) is 4.98 Å². The summed E-state index contributed by atoms with van der Waals surface area (Å²) in [6.45, 7) is 4.76. The van der Waals surface area contributed by atoms with Crippen molar-refractivity contribution in [2.24, 2.45) is 0 Å². The first kappa shape index (κ1) is 14.4. The van der Waals surface area contributed by atoms with Crippen LogP contribution in [0.2, 0.25) is 0 Å². The number of piperidine rings is 1. The van der Waals surface area contributed by atoms with Crippen molar-refractivity contribution in [3.63, 3.8) is 0 Å². The second-order valence-electron chi connectivity index (χ2n) is 4.83. The minimum atomic E-state index is 0.0965. The van der Waals surface area contributed by atoms with E-state index < -0.39 is 0 Å². The molecule has 1 amide bonds. The van der Waals surface area contributed by atoms with Crippen molar-refractivity contribution in [3.8, 4) is 0 Å². The van der Waals surface area contributed by atoms with Crippen molar-refractivity contribution >= 4 is 17.2 Å². The number of hydrogen-bond donors (Lipinski definition) is 1. The van der Waals surface area contributed by atoms with Crippen LogP contribution in [0.3, 0.4) is 0 Å². The quantitative estimate of drug-likeness (QED) is 0.881. The number of aromatic nitrogens is 1. The van der Waals surface area contributed by atoms with Gasteiger partial charge in [0.1, 0.15) is 6.61 Å². The molecular weight excluding hydrogens is 262 g/mol. The van der Waals surface area contributed by atoms with E-state index in [-0.39, 0.29) is 12.5 Å². The second kappa shape index (κ2) is 6.98. The standard InChI is InChI=1S/C13H21N3O2S/c1-10-12(19-9-15-10)7-14-11-3-5-16(6-4-11)13(17)8-18-2/h9,11,14H,3-8H2,1-2H3. The highest BCUT2D eigenvalue weighted by molar-refractivity contribution is 7.09. The van der Waals surface area contributed by atoms with Gasteiger partial charge >= 0.3 is 0 Å². The van der Waals surface area contributed by atoms with E-state index in [0.717, 1.165) is 38.2 Å². The van der Waals surface area contributed by atoms with E-state index in [1.807, 2.05) is 17.3 Å². The van der Waals surface area contributed by atoms with Gasteiger partial charge < -0.3 is 15.0 Å². The van der Waals surface area contributed by atoms with Crippen molar-refractivity contribution in [1.82, 2.24) is 15.2 Å². The largest absolute Gasteiger partial charge is 0.375 e. The highest BCUT2D eigenvalue weighted by Crippen LogP contribution is 2.15. The van der Waals surface area contributed by atoms with Gasteiger partial charge in [0.2, 0.25) is 5.91 Å². The van der Waals surface area contributed by atoms with Crippen LogP contribution in [0.4, 0.5) is 0 Å². The van der Waals surface area contributed by atoms with E-state index in [4.69, 9.17) is 4.74 Å². The zero-order valence-corrected chi connectivity index (χ0v) is 12.3. The minimum Gasteiger partial charge on any atom is -0.375 e. The van der Waals surface area contributed by atoms with Crippen LogP contribution in [-0.4, -0.2) is 48.6 Å². The number of thiazole rings is 1. The van der Waals surface area contributed by atoms with E-state index in [1.54, 1.807) is 18.4 Å². The third-order valence-corrected chi connectivity index (χ3v) is 4.45. The lowest BCUT2D eigenvalue weighted by Gasteiger charge is -2.32. The smallest absolute Gasteiger partial charge is 0.248 e. The molecule has 1 aromatic heterocycles. The average molecular weight is 283 g/mol. The summed E-state index contributed by atoms with van der Waals surface area (Å²) in [5, 5.41) is 3.56. The number of methoxy groups -OCH3 is 1. The summed E-state index contributed by atoms with van der Waals surface area (Å²) in [7, 11) is 1.56. The fraction of sp³-hybridized carbons (Fsp3) is 0.692. The van der Waals surface area contributed by atoms with Gasteiger partial charge in [0.05, 0.1) is 11.2 Å². The number of hydrogen-bond acceptors (Lipinski definition) is 5.